The Bertz CT molecular complexity index is 583. The minimum absolute atomic E-state index is 0.139. The molecule has 1 aromatic carbocycles. The summed E-state index contributed by atoms with van der Waals surface area (Å²) in [6.45, 7) is 7.14. The minimum atomic E-state index is 0.139. The Labute approximate surface area is 125 Å². The van der Waals surface area contributed by atoms with Crippen molar-refractivity contribution < 1.29 is 4.74 Å². The van der Waals surface area contributed by atoms with Crippen LogP contribution in [0, 0.1) is 6.92 Å². The van der Waals surface area contributed by atoms with Gasteiger partial charge in [-0.3, -0.25) is 0 Å². The van der Waals surface area contributed by atoms with Crippen molar-refractivity contribution in [1.29, 1.82) is 0 Å². The van der Waals surface area contributed by atoms with Gasteiger partial charge < -0.3 is 15.8 Å². The lowest BCUT2D eigenvalue weighted by Crippen LogP contribution is -2.11. The van der Waals surface area contributed by atoms with Crippen molar-refractivity contribution in [1.82, 2.24) is 9.97 Å². The zero-order chi connectivity index (χ0) is 15.2. The van der Waals surface area contributed by atoms with Crippen molar-refractivity contribution in [2.45, 2.75) is 33.4 Å². The Hall–Kier alpha value is -2.14. The van der Waals surface area contributed by atoms with E-state index in [0.29, 0.717) is 19.0 Å². The second-order valence-electron chi connectivity index (χ2n) is 4.90. The predicted octanol–water partition coefficient (Wildman–Crippen LogP) is 2.82. The summed E-state index contributed by atoms with van der Waals surface area (Å²) in [5.74, 6) is 1.42. The highest BCUT2D eigenvalue weighted by Crippen LogP contribution is 2.24. The third-order valence-electron chi connectivity index (χ3n) is 3.39. The smallest absolute Gasteiger partial charge is 0.221 e. The van der Waals surface area contributed by atoms with Gasteiger partial charge in [-0.2, -0.15) is 0 Å². The second kappa shape index (κ2) is 7.04. The highest BCUT2D eigenvalue weighted by molar-refractivity contribution is 5.49. The van der Waals surface area contributed by atoms with E-state index in [2.05, 4.69) is 34.3 Å². The van der Waals surface area contributed by atoms with Crippen LogP contribution in [0.5, 0.6) is 5.88 Å². The van der Waals surface area contributed by atoms with E-state index >= 15 is 0 Å². The molecule has 5 nitrogen and oxygen atoms in total. The van der Waals surface area contributed by atoms with Crippen LogP contribution in [0.15, 0.2) is 30.6 Å². The summed E-state index contributed by atoms with van der Waals surface area (Å²) in [6.07, 6.45) is 1.52. The van der Waals surface area contributed by atoms with Crippen LogP contribution in [0.25, 0.3) is 0 Å². The molecule has 1 atom stereocenters. The van der Waals surface area contributed by atoms with Gasteiger partial charge in [0.15, 0.2) is 0 Å². The van der Waals surface area contributed by atoms with Crippen LogP contribution in [0.2, 0.25) is 0 Å². The summed E-state index contributed by atoms with van der Waals surface area (Å²) < 4.78 is 5.49. The molecule has 2 aromatic rings. The zero-order valence-corrected chi connectivity index (χ0v) is 12.8. The summed E-state index contributed by atoms with van der Waals surface area (Å²) in [4.78, 5) is 8.44. The third-order valence-corrected chi connectivity index (χ3v) is 3.39. The first kappa shape index (κ1) is 15.3. The molecule has 1 unspecified atom stereocenters. The lowest BCUT2D eigenvalue weighted by molar-refractivity contribution is 0.324. The number of rotatable bonds is 6. The predicted molar refractivity (Wildman–Crippen MR) is 84.3 cm³/mol. The van der Waals surface area contributed by atoms with Crippen LogP contribution in [0.3, 0.4) is 0 Å². The number of nitrogens with zero attached hydrogens (tertiary/aromatic N) is 2. The van der Waals surface area contributed by atoms with Crippen molar-refractivity contribution in [2.24, 2.45) is 5.73 Å². The number of hydrogen-bond acceptors (Lipinski definition) is 5. The molecule has 0 fully saturated rings. The Morgan fingerprint density at radius 2 is 1.95 bits per heavy atom. The van der Waals surface area contributed by atoms with Crippen molar-refractivity contribution in [2.75, 3.05) is 11.9 Å². The van der Waals surface area contributed by atoms with E-state index in [-0.39, 0.29) is 6.04 Å². The average molecular weight is 286 g/mol. The maximum absolute atomic E-state index is 5.62. The normalized spacial score (nSPS) is 12.0. The lowest BCUT2D eigenvalue weighted by atomic mass is 10.1. The van der Waals surface area contributed by atoms with Crippen LogP contribution in [-0.2, 0) is 6.54 Å². The molecule has 1 heterocycles. The summed E-state index contributed by atoms with van der Waals surface area (Å²) >= 11 is 0. The molecule has 0 aliphatic rings. The fraction of sp³-hybridized carbons (Fsp3) is 0.375. The van der Waals surface area contributed by atoms with Gasteiger partial charge in [-0.25, -0.2) is 9.97 Å². The minimum Gasteiger partial charge on any atom is -0.478 e. The number of anilines is 1. The Kier molecular flexibility index (Phi) is 5.11. The number of nitrogens with two attached hydrogens (primary N) is 1. The van der Waals surface area contributed by atoms with Crippen molar-refractivity contribution >= 4 is 5.82 Å². The van der Waals surface area contributed by atoms with Gasteiger partial charge in [0, 0.05) is 12.6 Å². The van der Waals surface area contributed by atoms with Gasteiger partial charge in [0.25, 0.3) is 0 Å². The first-order valence-electron chi connectivity index (χ1n) is 7.15. The fourth-order valence-electron chi connectivity index (χ4n) is 2.09. The van der Waals surface area contributed by atoms with E-state index in [1.165, 1.54) is 11.9 Å². The highest BCUT2D eigenvalue weighted by atomic mass is 16.5. The molecule has 0 spiro atoms. The molecule has 2 rings (SSSR count). The van der Waals surface area contributed by atoms with Gasteiger partial charge >= 0.3 is 0 Å². The molecule has 0 aliphatic carbocycles. The Morgan fingerprint density at radius 1 is 1.24 bits per heavy atom. The van der Waals surface area contributed by atoms with E-state index in [9.17, 15) is 0 Å². The number of aromatic nitrogens is 2. The van der Waals surface area contributed by atoms with Gasteiger partial charge in [0.1, 0.15) is 12.1 Å². The van der Waals surface area contributed by atoms with Gasteiger partial charge in [0.2, 0.25) is 5.88 Å². The lowest BCUT2D eigenvalue weighted by Gasteiger charge is -2.17. The van der Waals surface area contributed by atoms with E-state index < -0.39 is 0 Å². The molecule has 0 aliphatic heterocycles. The molecule has 1 aromatic heterocycles. The van der Waals surface area contributed by atoms with Gasteiger partial charge in [-0.15, -0.1) is 0 Å². The number of hydrogen-bond donors (Lipinski definition) is 2. The molecule has 0 amide bonds. The monoisotopic (exact) mass is 286 g/mol. The maximum atomic E-state index is 5.62. The van der Waals surface area contributed by atoms with E-state index in [0.717, 1.165) is 16.9 Å². The summed E-state index contributed by atoms with van der Waals surface area (Å²) in [6, 6.07) is 8.40. The van der Waals surface area contributed by atoms with Crippen LogP contribution in [0.1, 0.15) is 36.6 Å². The van der Waals surface area contributed by atoms with Crippen LogP contribution < -0.4 is 15.8 Å². The Balaban J connectivity index is 2.14. The zero-order valence-electron chi connectivity index (χ0n) is 12.8. The summed E-state index contributed by atoms with van der Waals surface area (Å²) in [5.41, 5.74) is 8.85. The Morgan fingerprint density at radius 3 is 2.57 bits per heavy atom. The van der Waals surface area contributed by atoms with Crippen molar-refractivity contribution in [3.05, 3.63) is 47.3 Å². The molecule has 3 N–H and O–H groups in total. The maximum Gasteiger partial charge on any atom is 0.221 e. The first-order chi connectivity index (χ1) is 10.2. The third kappa shape index (κ3) is 3.70. The van der Waals surface area contributed by atoms with E-state index in [4.69, 9.17) is 10.5 Å². The molecular weight excluding hydrogens is 264 g/mol. The quantitative estimate of drug-likeness (QED) is 0.854. The average Bonchev–Trinajstić information content (AvgIpc) is 2.51. The van der Waals surface area contributed by atoms with Crippen molar-refractivity contribution in [3.63, 3.8) is 0 Å². The van der Waals surface area contributed by atoms with Crippen molar-refractivity contribution in [3.8, 4) is 5.88 Å². The SMILES string of the molecule is CCOc1ncnc(NC(C)c2ccc(CN)cc2)c1C. The number of nitrogens with one attached hydrogen (secondary N) is 1. The van der Waals surface area contributed by atoms with Crippen LogP contribution in [-0.4, -0.2) is 16.6 Å². The van der Waals surface area contributed by atoms with Gasteiger partial charge in [-0.1, -0.05) is 24.3 Å². The molecule has 0 radical (unpaired) electrons. The molecule has 0 saturated carbocycles. The van der Waals surface area contributed by atoms with Crippen LogP contribution >= 0.6 is 0 Å². The van der Waals surface area contributed by atoms with Gasteiger partial charge in [0.05, 0.1) is 12.2 Å². The largest absolute Gasteiger partial charge is 0.478 e. The molecule has 21 heavy (non-hydrogen) atoms. The topological polar surface area (TPSA) is 73.1 Å². The number of ether oxygens (including phenoxy) is 1. The molecule has 0 bridgehead atoms. The molecular formula is C16H22N4O. The van der Waals surface area contributed by atoms with Crippen LogP contribution in [0.4, 0.5) is 5.82 Å². The summed E-state index contributed by atoms with van der Waals surface area (Å²) in [5, 5.41) is 3.40. The summed E-state index contributed by atoms with van der Waals surface area (Å²) in [7, 11) is 0. The van der Waals surface area contributed by atoms with E-state index in [1.54, 1.807) is 0 Å². The van der Waals surface area contributed by atoms with Gasteiger partial charge in [-0.05, 0) is 31.9 Å². The molecule has 0 saturated heterocycles. The first-order valence-corrected chi connectivity index (χ1v) is 7.15. The highest BCUT2D eigenvalue weighted by Gasteiger charge is 2.11. The molecule has 5 heteroatoms. The number of benzene rings is 1. The standard InChI is InChI=1S/C16H22N4O/c1-4-21-16-11(2)15(18-10-19-16)20-12(3)14-7-5-13(9-17)6-8-14/h5-8,10,12H,4,9,17H2,1-3H3,(H,18,19,20). The van der Waals surface area contributed by atoms with E-state index in [1.807, 2.05) is 26.0 Å². The second-order valence-corrected chi connectivity index (χ2v) is 4.90. The fourth-order valence-corrected chi connectivity index (χ4v) is 2.09. The molecule has 112 valence electrons.